The summed E-state index contributed by atoms with van der Waals surface area (Å²) in [7, 11) is 0. The van der Waals surface area contributed by atoms with E-state index >= 15 is 0 Å². The molecule has 1 aliphatic heterocycles. The van der Waals surface area contributed by atoms with Gasteiger partial charge in [0.05, 0.1) is 13.2 Å². The summed E-state index contributed by atoms with van der Waals surface area (Å²) in [6.45, 7) is 4.54. The molecule has 2 rings (SSSR count). The van der Waals surface area contributed by atoms with Crippen molar-refractivity contribution in [2.75, 3.05) is 25.1 Å². The number of carbonyl (C=O) groups is 2. The fraction of sp³-hybridized carbons (Fsp3) is 0.529. The van der Waals surface area contributed by atoms with Crippen molar-refractivity contribution in [2.24, 2.45) is 0 Å². The summed E-state index contributed by atoms with van der Waals surface area (Å²) in [5.41, 5.74) is 1.78. The maximum absolute atomic E-state index is 11.9. The Hall–Kier alpha value is -1.92. The molecule has 1 saturated heterocycles. The maximum atomic E-state index is 11.9. The van der Waals surface area contributed by atoms with Crippen LogP contribution < -0.4 is 16.0 Å². The quantitative estimate of drug-likeness (QED) is 0.710. The Balaban J connectivity index is 1.72. The van der Waals surface area contributed by atoms with Crippen LogP contribution in [0.3, 0.4) is 0 Å². The molecule has 0 aromatic heterocycles. The van der Waals surface area contributed by atoms with E-state index in [0.29, 0.717) is 32.6 Å². The van der Waals surface area contributed by atoms with E-state index in [-0.39, 0.29) is 17.9 Å². The minimum absolute atomic E-state index is 0.00771. The third kappa shape index (κ3) is 6.38. The number of rotatable bonds is 7. The molecular formula is C17H25N3O3. The number of amides is 2. The van der Waals surface area contributed by atoms with Crippen molar-refractivity contribution < 1.29 is 14.3 Å². The zero-order valence-corrected chi connectivity index (χ0v) is 13.6. The monoisotopic (exact) mass is 319 g/mol. The predicted octanol–water partition coefficient (Wildman–Crippen LogP) is 1.42. The second-order valence-electron chi connectivity index (χ2n) is 5.70. The summed E-state index contributed by atoms with van der Waals surface area (Å²) in [5, 5.41) is 9.00. The number of carbonyl (C=O) groups excluding carboxylic acids is 2. The van der Waals surface area contributed by atoms with E-state index in [1.165, 1.54) is 0 Å². The molecule has 1 fully saturated rings. The number of anilines is 1. The van der Waals surface area contributed by atoms with E-state index in [2.05, 4.69) is 16.0 Å². The third-order valence-corrected chi connectivity index (χ3v) is 3.63. The molecule has 0 aliphatic carbocycles. The number of ether oxygens (including phenoxy) is 1. The lowest BCUT2D eigenvalue weighted by molar-refractivity contribution is -0.122. The largest absolute Gasteiger partial charge is 0.378 e. The lowest BCUT2D eigenvalue weighted by Gasteiger charge is -2.23. The standard InChI is InChI=1S/C17H25N3O3/c1-2-3-16(21)20-14-6-4-13(5-7-14)11-19-17(22)10-15-12-23-9-8-18-15/h4-7,15,18H,2-3,8-12H2,1H3,(H,19,22)(H,20,21). The summed E-state index contributed by atoms with van der Waals surface area (Å²) in [6.07, 6.45) is 1.78. The molecule has 1 aromatic rings. The second kappa shape index (κ2) is 9.27. The predicted molar refractivity (Wildman–Crippen MR) is 89.1 cm³/mol. The highest BCUT2D eigenvalue weighted by Crippen LogP contribution is 2.10. The van der Waals surface area contributed by atoms with Crippen molar-refractivity contribution in [3.8, 4) is 0 Å². The van der Waals surface area contributed by atoms with Crippen LogP contribution >= 0.6 is 0 Å². The van der Waals surface area contributed by atoms with Crippen LogP contribution in [-0.2, 0) is 20.9 Å². The summed E-state index contributed by atoms with van der Waals surface area (Å²) in [4.78, 5) is 23.4. The summed E-state index contributed by atoms with van der Waals surface area (Å²) < 4.78 is 5.33. The topological polar surface area (TPSA) is 79.5 Å². The SMILES string of the molecule is CCCC(=O)Nc1ccc(CNC(=O)CC2COCCN2)cc1. The van der Waals surface area contributed by atoms with Gasteiger partial charge in [0, 0.05) is 37.7 Å². The van der Waals surface area contributed by atoms with Gasteiger partial charge < -0.3 is 20.7 Å². The summed E-state index contributed by atoms with van der Waals surface area (Å²) >= 11 is 0. The Morgan fingerprint density at radius 2 is 2.04 bits per heavy atom. The second-order valence-corrected chi connectivity index (χ2v) is 5.70. The minimum Gasteiger partial charge on any atom is -0.378 e. The van der Waals surface area contributed by atoms with Crippen LogP contribution in [-0.4, -0.2) is 37.6 Å². The van der Waals surface area contributed by atoms with Gasteiger partial charge in [-0.3, -0.25) is 9.59 Å². The highest BCUT2D eigenvalue weighted by Gasteiger charge is 2.16. The van der Waals surface area contributed by atoms with Gasteiger partial charge in [-0.2, -0.15) is 0 Å². The molecule has 2 amide bonds. The van der Waals surface area contributed by atoms with Gasteiger partial charge in [-0.25, -0.2) is 0 Å². The van der Waals surface area contributed by atoms with E-state index < -0.39 is 0 Å². The number of hydrogen-bond donors (Lipinski definition) is 3. The smallest absolute Gasteiger partial charge is 0.224 e. The Kier molecular flexibility index (Phi) is 7.03. The van der Waals surface area contributed by atoms with Crippen molar-refractivity contribution in [3.63, 3.8) is 0 Å². The highest BCUT2D eigenvalue weighted by molar-refractivity contribution is 5.90. The van der Waals surface area contributed by atoms with E-state index in [1.54, 1.807) is 0 Å². The third-order valence-electron chi connectivity index (χ3n) is 3.63. The number of benzene rings is 1. The Bertz CT molecular complexity index is 510. The minimum atomic E-state index is 0.00771. The van der Waals surface area contributed by atoms with Crippen molar-refractivity contribution in [3.05, 3.63) is 29.8 Å². The fourth-order valence-electron chi connectivity index (χ4n) is 2.40. The van der Waals surface area contributed by atoms with Gasteiger partial charge in [-0.15, -0.1) is 0 Å². The van der Waals surface area contributed by atoms with Gasteiger partial charge in [0.1, 0.15) is 0 Å². The summed E-state index contributed by atoms with van der Waals surface area (Å²) in [6, 6.07) is 7.62. The normalized spacial score (nSPS) is 17.5. The first-order valence-electron chi connectivity index (χ1n) is 8.14. The Morgan fingerprint density at radius 3 is 2.70 bits per heavy atom. The molecule has 6 nitrogen and oxygen atoms in total. The number of nitrogens with one attached hydrogen (secondary N) is 3. The van der Waals surface area contributed by atoms with E-state index in [1.807, 2.05) is 31.2 Å². The van der Waals surface area contributed by atoms with Crippen LogP contribution in [0.25, 0.3) is 0 Å². The van der Waals surface area contributed by atoms with Crippen LogP contribution in [0.5, 0.6) is 0 Å². The lowest BCUT2D eigenvalue weighted by Crippen LogP contribution is -2.44. The fourth-order valence-corrected chi connectivity index (χ4v) is 2.40. The van der Waals surface area contributed by atoms with Crippen molar-refractivity contribution >= 4 is 17.5 Å². The van der Waals surface area contributed by atoms with E-state index in [4.69, 9.17) is 4.74 Å². The highest BCUT2D eigenvalue weighted by atomic mass is 16.5. The molecule has 0 saturated carbocycles. The van der Waals surface area contributed by atoms with Gasteiger partial charge in [0.25, 0.3) is 0 Å². The van der Waals surface area contributed by atoms with Gasteiger partial charge >= 0.3 is 0 Å². The average Bonchev–Trinajstić information content (AvgIpc) is 2.55. The number of hydrogen-bond acceptors (Lipinski definition) is 4. The zero-order chi connectivity index (χ0) is 16.5. The molecule has 0 bridgehead atoms. The lowest BCUT2D eigenvalue weighted by atomic mass is 10.1. The average molecular weight is 319 g/mol. The molecule has 0 radical (unpaired) electrons. The van der Waals surface area contributed by atoms with E-state index in [9.17, 15) is 9.59 Å². The molecule has 6 heteroatoms. The van der Waals surface area contributed by atoms with Crippen LogP contribution in [0.15, 0.2) is 24.3 Å². The van der Waals surface area contributed by atoms with Crippen molar-refractivity contribution in [1.29, 1.82) is 0 Å². The van der Waals surface area contributed by atoms with E-state index in [0.717, 1.165) is 24.2 Å². The van der Waals surface area contributed by atoms with Gasteiger partial charge in [0.2, 0.25) is 11.8 Å². The first-order valence-corrected chi connectivity index (χ1v) is 8.14. The molecule has 1 atom stereocenters. The molecule has 1 unspecified atom stereocenters. The number of morpholine rings is 1. The molecule has 1 heterocycles. The van der Waals surface area contributed by atoms with Crippen molar-refractivity contribution in [2.45, 2.75) is 38.8 Å². The maximum Gasteiger partial charge on any atom is 0.224 e. The molecule has 1 aliphatic rings. The summed E-state index contributed by atoms with van der Waals surface area (Å²) in [5.74, 6) is 0.0316. The molecular weight excluding hydrogens is 294 g/mol. The van der Waals surface area contributed by atoms with Crippen LogP contribution in [0, 0.1) is 0 Å². The molecule has 1 aromatic carbocycles. The van der Waals surface area contributed by atoms with Crippen molar-refractivity contribution in [1.82, 2.24) is 10.6 Å². The van der Waals surface area contributed by atoms with Gasteiger partial charge in [-0.1, -0.05) is 19.1 Å². The Morgan fingerprint density at radius 1 is 1.26 bits per heavy atom. The zero-order valence-electron chi connectivity index (χ0n) is 13.6. The molecule has 126 valence electrons. The Labute approximate surface area is 137 Å². The first kappa shape index (κ1) is 17.4. The van der Waals surface area contributed by atoms with Gasteiger partial charge in [0.15, 0.2) is 0 Å². The van der Waals surface area contributed by atoms with Gasteiger partial charge in [-0.05, 0) is 24.1 Å². The van der Waals surface area contributed by atoms with Crippen LogP contribution in [0.2, 0.25) is 0 Å². The molecule has 0 spiro atoms. The first-order chi connectivity index (χ1) is 11.2. The van der Waals surface area contributed by atoms with Crippen LogP contribution in [0.4, 0.5) is 5.69 Å². The molecule has 3 N–H and O–H groups in total. The van der Waals surface area contributed by atoms with Crippen LogP contribution in [0.1, 0.15) is 31.7 Å². The molecule has 23 heavy (non-hydrogen) atoms.